The molecule has 1 atom stereocenters. The summed E-state index contributed by atoms with van der Waals surface area (Å²) in [4.78, 5) is 26.6. The number of hydrogen-bond acceptors (Lipinski definition) is 7. The minimum absolute atomic E-state index is 0.0255. The molecule has 148 valence electrons. The molecule has 28 heavy (non-hydrogen) atoms. The van der Waals surface area contributed by atoms with Gasteiger partial charge >= 0.3 is 0 Å². The predicted molar refractivity (Wildman–Crippen MR) is 111 cm³/mol. The fourth-order valence-electron chi connectivity index (χ4n) is 4.60. The van der Waals surface area contributed by atoms with E-state index in [1.165, 1.54) is 11.3 Å². The number of rotatable bonds is 3. The number of hydrogen-bond donors (Lipinski definition) is 0. The largest absolute Gasteiger partial charge is 0.351 e. The third-order valence-electron chi connectivity index (χ3n) is 6.11. The molecule has 5 rings (SSSR count). The molecular weight excluding hydrogens is 372 g/mol. The van der Waals surface area contributed by atoms with Crippen LogP contribution in [-0.4, -0.2) is 56.6 Å². The summed E-state index contributed by atoms with van der Waals surface area (Å²) in [5.74, 6) is 3.06. The summed E-state index contributed by atoms with van der Waals surface area (Å²) in [6, 6.07) is 2.06. The van der Waals surface area contributed by atoms with Crippen LogP contribution in [0.3, 0.4) is 0 Å². The molecule has 0 N–H and O–H groups in total. The zero-order valence-corrected chi connectivity index (χ0v) is 17.1. The molecule has 0 radical (unpaired) electrons. The maximum absolute atomic E-state index is 12.6. The van der Waals surface area contributed by atoms with E-state index in [9.17, 15) is 4.79 Å². The second kappa shape index (κ2) is 7.48. The van der Waals surface area contributed by atoms with Crippen molar-refractivity contribution < 1.29 is 0 Å². The normalized spacial score (nSPS) is 22.2. The van der Waals surface area contributed by atoms with Gasteiger partial charge in [0.1, 0.15) is 12.1 Å². The molecule has 3 aliphatic heterocycles. The molecule has 0 aliphatic carbocycles. The highest BCUT2D eigenvalue weighted by Crippen LogP contribution is 2.31. The molecule has 1 saturated heterocycles. The summed E-state index contributed by atoms with van der Waals surface area (Å²) >= 11 is 1.88. The Balaban J connectivity index is 1.44. The van der Waals surface area contributed by atoms with E-state index in [2.05, 4.69) is 26.8 Å². The standard InChI is InChI=1S/C20H26N6OS/c1-24-7-4-18-16(11-24)20(22-13-21-18)25-6-2-3-15(25)10-26-19(27)9-14-12-28-8-5-17(14)23-26/h9,13,15H,2-8,10-12H2,1H3. The fourth-order valence-corrected chi connectivity index (χ4v) is 5.55. The van der Waals surface area contributed by atoms with Gasteiger partial charge in [0.2, 0.25) is 0 Å². The van der Waals surface area contributed by atoms with Crippen molar-refractivity contribution in [3.8, 4) is 0 Å². The van der Waals surface area contributed by atoms with E-state index in [4.69, 9.17) is 5.10 Å². The third kappa shape index (κ3) is 3.33. The molecule has 0 bridgehead atoms. The predicted octanol–water partition coefficient (Wildman–Crippen LogP) is 1.48. The van der Waals surface area contributed by atoms with Crippen molar-refractivity contribution in [2.45, 2.75) is 50.6 Å². The second-order valence-electron chi connectivity index (χ2n) is 8.04. The lowest BCUT2D eigenvalue weighted by molar-refractivity contribution is 0.309. The van der Waals surface area contributed by atoms with Gasteiger partial charge in [-0.15, -0.1) is 0 Å². The van der Waals surface area contributed by atoms with Gasteiger partial charge in [-0.3, -0.25) is 4.79 Å². The maximum Gasteiger partial charge on any atom is 0.267 e. The summed E-state index contributed by atoms with van der Waals surface area (Å²) in [7, 11) is 2.15. The van der Waals surface area contributed by atoms with Crippen LogP contribution in [0.15, 0.2) is 17.2 Å². The zero-order valence-electron chi connectivity index (χ0n) is 16.3. The van der Waals surface area contributed by atoms with Gasteiger partial charge in [0, 0.05) is 49.9 Å². The Kier molecular flexibility index (Phi) is 4.84. The van der Waals surface area contributed by atoms with Crippen LogP contribution in [0.2, 0.25) is 0 Å². The topological polar surface area (TPSA) is 67.2 Å². The summed E-state index contributed by atoms with van der Waals surface area (Å²) in [5.41, 5.74) is 4.68. The minimum atomic E-state index is 0.0255. The lowest BCUT2D eigenvalue weighted by Crippen LogP contribution is -2.39. The number of thioether (sulfide) groups is 1. The van der Waals surface area contributed by atoms with Crippen LogP contribution in [0.5, 0.6) is 0 Å². The lowest BCUT2D eigenvalue weighted by atomic mass is 10.1. The van der Waals surface area contributed by atoms with Crippen molar-refractivity contribution in [3.05, 3.63) is 45.3 Å². The number of fused-ring (bicyclic) bond motifs is 2. The molecule has 3 aliphatic rings. The van der Waals surface area contributed by atoms with Crippen LogP contribution >= 0.6 is 11.8 Å². The molecule has 0 saturated carbocycles. The number of nitrogens with zero attached hydrogens (tertiary/aromatic N) is 6. The van der Waals surface area contributed by atoms with Crippen LogP contribution in [-0.2, 0) is 31.7 Å². The van der Waals surface area contributed by atoms with Crippen molar-refractivity contribution in [2.75, 3.05) is 30.8 Å². The first-order valence-corrected chi connectivity index (χ1v) is 11.3. The van der Waals surface area contributed by atoms with Crippen molar-refractivity contribution in [1.29, 1.82) is 0 Å². The Labute approximate surface area is 169 Å². The monoisotopic (exact) mass is 398 g/mol. The summed E-state index contributed by atoms with van der Waals surface area (Å²) in [5, 5.41) is 4.73. The van der Waals surface area contributed by atoms with Gasteiger partial charge in [0.25, 0.3) is 5.56 Å². The Bertz CT molecular complexity index is 945. The molecule has 2 aromatic heterocycles. The first-order chi connectivity index (χ1) is 13.7. The average molecular weight is 399 g/mol. The highest BCUT2D eigenvalue weighted by molar-refractivity contribution is 7.98. The van der Waals surface area contributed by atoms with Crippen LogP contribution in [0.1, 0.15) is 35.4 Å². The molecule has 7 nitrogen and oxygen atoms in total. The van der Waals surface area contributed by atoms with E-state index in [1.807, 2.05) is 11.8 Å². The van der Waals surface area contributed by atoms with Crippen LogP contribution in [0.4, 0.5) is 5.82 Å². The van der Waals surface area contributed by atoms with Crippen LogP contribution in [0, 0.1) is 0 Å². The molecule has 1 unspecified atom stereocenters. The first kappa shape index (κ1) is 18.1. The molecule has 0 amide bonds. The number of likely N-dealkylation sites (N-methyl/N-ethyl adjacent to an activating group) is 1. The second-order valence-corrected chi connectivity index (χ2v) is 9.14. The molecule has 5 heterocycles. The maximum atomic E-state index is 12.6. The van der Waals surface area contributed by atoms with E-state index in [0.717, 1.165) is 73.9 Å². The third-order valence-corrected chi connectivity index (χ3v) is 7.12. The Morgan fingerprint density at radius 1 is 1.21 bits per heavy atom. The van der Waals surface area contributed by atoms with E-state index in [0.29, 0.717) is 6.54 Å². The van der Waals surface area contributed by atoms with Crippen LogP contribution < -0.4 is 10.5 Å². The lowest BCUT2D eigenvalue weighted by Gasteiger charge is -2.32. The van der Waals surface area contributed by atoms with Crippen molar-refractivity contribution in [3.63, 3.8) is 0 Å². The van der Waals surface area contributed by atoms with Gasteiger partial charge in [-0.05, 0) is 31.2 Å². The average Bonchev–Trinajstić information content (AvgIpc) is 3.16. The van der Waals surface area contributed by atoms with Gasteiger partial charge in [0.15, 0.2) is 0 Å². The Morgan fingerprint density at radius 2 is 2.14 bits per heavy atom. The number of aryl methyl sites for hydroxylation is 1. The Morgan fingerprint density at radius 3 is 3.07 bits per heavy atom. The highest BCUT2D eigenvalue weighted by Gasteiger charge is 2.31. The summed E-state index contributed by atoms with van der Waals surface area (Å²) in [6.45, 7) is 3.55. The van der Waals surface area contributed by atoms with E-state index < -0.39 is 0 Å². The van der Waals surface area contributed by atoms with Crippen LogP contribution in [0.25, 0.3) is 0 Å². The molecule has 1 fully saturated rings. The van der Waals surface area contributed by atoms with Crippen molar-refractivity contribution >= 4 is 17.6 Å². The highest BCUT2D eigenvalue weighted by atomic mass is 32.2. The first-order valence-electron chi connectivity index (χ1n) is 10.1. The van der Waals surface area contributed by atoms with Gasteiger partial charge in [-0.25, -0.2) is 14.6 Å². The van der Waals surface area contributed by atoms with E-state index in [1.54, 1.807) is 17.1 Å². The van der Waals surface area contributed by atoms with E-state index in [-0.39, 0.29) is 11.6 Å². The molecule has 0 spiro atoms. The fraction of sp³-hybridized carbons (Fsp3) is 0.600. The van der Waals surface area contributed by atoms with Gasteiger partial charge in [0.05, 0.1) is 24.0 Å². The van der Waals surface area contributed by atoms with Crippen molar-refractivity contribution in [1.82, 2.24) is 24.6 Å². The molecule has 2 aromatic rings. The zero-order chi connectivity index (χ0) is 19.1. The number of aromatic nitrogens is 4. The quantitative estimate of drug-likeness (QED) is 0.776. The number of anilines is 1. The molecule has 0 aromatic carbocycles. The van der Waals surface area contributed by atoms with Gasteiger partial charge in [-0.1, -0.05) is 0 Å². The summed E-state index contributed by atoms with van der Waals surface area (Å²) in [6.07, 6.45) is 5.82. The Hall–Kier alpha value is -1.93. The molecule has 8 heteroatoms. The van der Waals surface area contributed by atoms with Crippen molar-refractivity contribution in [2.24, 2.45) is 0 Å². The molecular formula is C20H26N6OS. The minimum Gasteiger partial charge on any atom is -0.351 e. The van der Waals surface area contributed by atoms with Gasteiger partial charge < -0.3 is 9.80 Å². The summed E-state index contributed by atoms with van der Waals surface area (Å²) < 4.78 is 1.69. The SMILES string of the molecule is CN1CCc2ncnc(N3CCCC3Cn3nc4c(cc3=O)CSCC4)c2C1. The van der Waals surface area contributed by atoms with E-state index >= 15 is 0 Å². The van der Waals surface area contributed by atoms with Gasteiger partial charge in [-0.2, -0.15) is 16.9 Å². The smallest absolute Gasteiger partial charge is 0.267 e.